The SMILES string of the molecule is Cc1cccc(C(=O)c2ccc(C(C)C(=O)O)cc2)c1. The zero-order valence-electron chi connectivity index (χ0n) is 11.5. The minimum absolute atomic E-state index is 0.0526. The molecule has 0 saturated heterocycles. The summed E-state index contributed by atoms with van der Waals surface area (Å²) in [5, 5.41) is 8.96. The Morgan fingerprint density at radius 1 is 1.00 bits per heavy atom. The third-order valence-electron chi connectivity index (χ3n) is 3.32. The fourth-order valence-electron chi connectivity index (χ4n) is 2.02. The number of ketones is 1. The van der Waals surface area contributed by atoms with Crippen LogP contribution in [0.25, 0.3) is 0 Å². The van der Waals surface area contributed by atoms with Gasteiger partial charge < -0.3 is 5.11 Å². The van der Waals surface area contributed by atoms with E-state index in [9.17, 15) is 9.59 Å². The molecule has 0 amide bonds. The van der Waals surface area contributed by atoms with Gasteiger partial charge in [-0.15, -0.1) is 0 Å². The maximum Gasteiger partial charge on any atom is 0.310 e. The first-order valence-corrected chi connectivity index (χ1v) is 6.43. The third-order valence-corrected chi connectivity index (χ3v) is 3.32. The summed E-state index contributed by atoms with van der Waals surface area (Å²) in [5.41, 5.74) is 2.94. The molecule has 0 spiro atoms. The second kappa shape index (κ2) is 5.70. The van der Waals surface area contributed by atoms with E-state index in [1.54, 1.807) is 37.3 Å². The van der Waals surface area contributed by atoms with Gasteiger partial charge in [0.15, 0.2) is 5.78 Å². The van der Waals surface area contributed by atoms with Crippen molar-refractivity contribution in [1.29, 1.82) is 0 Å². The molecule has 2 aromatic carbocycles. The highest BCUT2D eigenvalue weighted by molar-refractivity contribution is 6.09. The number of hydrogen-bond donors (Lipinski definition) is 1. The second-order valence-electron chi connectivity index (χ2n) is 4.88. The topological polar surface area (TPSA) is 54.4 Å². The molecule has 1 unspecified atom stereocenters. The quantitative estimate of drug-likeness (QED) is 0.864. The Hall–Kier alpha value is -2.42. The van der Waals surface area contributed by atoms with Crippen LogP contribution in [0.5, 0.6) is 0 Å². The first-order valence-electron chi connectivity index (χ1n) is 6.43. The molecular formula is C17H16O3. The summed E-state index contributed by atoms with van der Waals surface area (Å²) in [7, 11) is 0. The van der Waals surface area contributed by atoms with E-state index in [4.69, 9.17) is 5.11 Å². The van der Waals surface area contributed by atoms with E-state index in [1.165, 1.54) is 0 Å². The van der Waals surface area contributed by atoms with E-state index in [2.05, 4.69) is 0 Å². The summed E-state index contributed by atoms with van der Waals surface area (Å²) < 4.78 is 0. The lowest BCUT2D eigenvalue weighted by molar-refractivity contribution is -0.138. The molecule has 1 N–H and O–H groups in total. The van der Waals surface area contributed by atoms with Gasteiger partial charge in [-0.25, -0.2) is 0 Å². The molecule has 0 bridgehead atoms. The Balaban J connectivity index is 2.26. The smallest absolute Gasteiger partial charge is 0.310 e. The van der Waals surface area contributed by atoms with E-state index >= 15 is 0 Å². The molecule has 0 aliphatic heterocycles. The molecule has 3 nitrogen and oxygen atoms in total. The van der Waals surface area contributed by atoms with Gasteiger partial charge in [0, 0.05) is 11.1 Å². The number of aliphatic carboxylic acids is 1. The molecule has 0 radical (unpaired) electrons. The molecule has 0 heterocycles. The van der Waals surface area contributed by atoms with Crippen LogP contribution in [0.4, 0.5) is 0 Å². The Morgan fingerprint density at radius 2 is 1.65 bits per heavy atom. The number of carbonyl (C=O) groups excluding carboxylic acids is 1. The molecule has 0 aliphatic rings. The fourth-order valence-corrected chi connectivity index (χ4v) is 2.02. The van der Waals surface area contributed by atoms with Crippen molar-refractivity contribution in [2.75, 3.05) is 0 Å². The zero-order chi connectivity index (χ0) is 14.7. The van der Waals surface area contributed by atoms with Crippen molar-refractivity contribution in [3.63, 3.8) is 0 Å². The van der Waals surface area contributed by atoms with Gasteiger partial charge in [-0.05, 0) is 25.5 Å². The van der Waals surface area contributed by atoms with Crippen LogP contribution in [0.15, 0.2) is 48.5 Å². The second-order valence-corrected chi connectivity index (χ2v) is 4.88. The Labute approximate surface area is 117 Å². The first kappa shape index (κ1) is 14.0. The van der Waals surface area contributed by atoms with Crippen LogP contribution in [-0.2, 0) is 4.79 Å². The summed E-state index contributed by atoms with van der Waals surface area (Å²) in [6.45, 7) is 3.56. The molecular weight excluding hydrogens is 252 g/mol. The van der Waals surface area contributed by atoms with Crippen LogP contribution < -0.4 is 0 Å². The average molecular weight is 268 g/mol. The first-order chi connectivity index (χ1) is 9.49. The third kappa shape index (κ3) is 2.94. The molecule has 3 heteroatoms. The zero-order valence-corrected chi connectivity index (χ0v) is 11.5. The van der Waals surface area contributed by atoms with Gasteiger partial charge >= 0.3 is 5.97 Å². The molecule has 0 aliphatic carbocycles. The van der Waals surface area contributed by atoms with Gasteiger partial charge in [0.05, 0.1) is 5.92 Å². The van der Waals surface area contributed by atoms with E-state index in [-0.39, 0.29) is 5.78 Å². The van der Waals surface area contributed by atoms with Gasteiger partial charge in [0.1, 0.15) is 0 Å². The van der Waals surface area contributed by atoms with Crippen LogP contribution in [0, 0.1) is 6.92 Å². The van der Waals surface area contributed by atoms with E-state index in [1.807, 2.05) is 25.1 Å². The average Bonchev–Trinajstić information content (AvgIpc) is 2.46. The van der Waals surface area contributed by atoms with Crippen molar-refractivity contribution in [2.24, 2.45) is 0 Å². The van der Waals surface area contributed by atoms with Crippen LogP contribution >= 0.6 is 0 Å². The molecule has 2 aromatic rings. The number of benzene rings is 2. The summed E-state index contributed by atoms with van der Waals surface area (Å²) >= 11 is 0. The number of carboxylic acids is 1. The van der Waals surface area contributed by atoms with Crippen molar-refractivity contribution < 1.29 is 14.7 Å². The molecule has 2 rings (SSSR count). The predicted molar refractivity (Wildman–Crippen MR) is 77.1 cm³/mol. The molecule has 20 heavy (non-hydrogen) atoms. The largest absolute Gasteiger partial charge is 0.481 e. The number of carbonyl (C=O) groups is 2. The molecule has 1 atom stereocenters. The molecule has 0 aromatic heterocycles. The van der Waals surface area contributed by atoms with Gasteiger partial charge in [0.25, 0.3) is 0 Å². The lowest BCUT2D eigenvalue weighted by Crippen LogP contribution is -2.08. The van der Waals surface area contributed by atoms with Crippen molar-refractivity contribution in [3.8, 4) is 0 Å². The van der Waals surface area contributed by atoms with Crippen molar-refractivity contribution >= 4 is 11.8 Å². The van der Waals surface area contributed by atoms with Gasteiger partial charge in [-0.2, -0.15) is 0 Å². The number of hydrogen-bond acceptors (Lipinski definition) is 2. The number of aryl methyl sites for hydroxylation is 1. The number of carboxylic acid groups (broad SMARTS) is 1. The van der Waals surface area contributed by atoms with Gasteiger partial charge in [-0.3, -0.25) is 9.59 Å². The Morgan fingerprint density at radius 3 is 2.20 bits per heavy atom. The van der Waals surface area contributed by atoms with Crippen LogP contribution in [0.3, 0.4) is 0 Å². The highest BCUT2D eigenvalue weighted by Gasteiger charge is 2.14. The highest BCUT2D eigenvalue weighted by atomic mass is 16.4. The number of rotatable bonds is 4. The van der Waals surface area contributed by atoms with Crippen molar-refractivity contribution in [1.82, 2.24) is 0 Å². The molecule has 0 fully saturated rings. The monoisotopic (exact) mass is 268 g/mol. The molecule has 102 valence electrons. The standard InChI is InChI=1S/C17H16O3/c1-11-4-3-5-15(10-11)16(18)14-8-6-13(7-9-14)12(2)17(19)20/h3-10,12H,1-2H3,(H,19,20). The van der Waals surface area contributed by atoms with Crippen molar-refractivity contribution in [2.45, 2.75) is 19.8 Å². The summed E-state index contributed by atoms with van der Waals surface area (Å²) in [4.78, 5) is 23.2. The maximum atomic E-state index is 12.3. The Kier molecular flexibility index (Phi) is 3.99. The van der Waals surface area contributed by atoms with Crippen LogP contribution in [0.2, 0.25) is 0 Å². The van der Waals surface area contributed by atoms with E-state index in [0.717, 1.165) is 5.56 Å². The summed E-state index contributed by atoms with van der Waals surface area (Å²) in [5.74, 6) is -1.50. The lowest BCUT2D eigenvalue weighted by atomic mass is 9.96. The van der Waals surface area contributed by atoms with Gasteiger partial charge in [0.2, 0.25) is 0 Å². The van der Waals surface area contributed by atoms with Crippen LogP contribution in [-0.4, -0.2) is 16.9 Å². The Bertz CT molecular complexity index is 642. The van der Waals surface area contributed by atoms with Gasteiger partial charge in [-0.1, -0.05) is 48.0 Å². The highest BCUT2D eigenvalue weighted by Crippen LogP contribution is 2.18. The lowest BCUT2D eigenvalue weighted by Gasteiger charge is -2.07. The minimum atomic E-state index is -0.872. The van der Waals surface area contributed by atoms with Crippen LogP contribution in [0.1, 0.15) is 39.9 Å². The summed E-state index contributed by atoms with van der Waals surface area (Å²) in [6, 6.07) is 14.2. The minimum Gasteiger partial charge on any atom is -0.481 e. The maximum absolute atomic E-state index is 12.3. The van der Waals surface area contributed by atoms with E-state index in [0.29, 0.717) is 16.7 Å². The van der Waals surface area contributed by atoms with E-state index < -0.39 is 11.9 Å². The van der Waals surface area contributed by atoms with Crippen molar-refractivity contribution in [3.05, 3.63) is 70.8 Å². The normalized spacial score (nSPS) is 11.9. The fraction of sp³-hybridized carbons (Fsp3) is 0.176. The molecule has 0 saturated carbocycles. The predicted octanol–water partition coefficient (Wildman–Crippen LogP) is 3.41. The summed E-state index contributed by atoms with van der Waals surface area (Å²) in [6.07, 6.45) is 0.